The number of ether oxygens (including phenoxy) is 1. The Morgan fingerprint density at radius 2 is 2.06 bits per heavy atom. The van der Waals surface area contributed by atoms with Crippen LogP contribution < -0.4 is 0 Å². The smallest absolute Gasteiger partial charge is 0.313 e. The van der Waals surface area contributed by atoms with Gasteiger partial charge in [0, 0.05) is 0 Å². The van der Waals surface area contributed by atoms with E-state index in [0.29, 0.717) is 12.8 Å². The van der Waals surface area contributed by atoms with Gasteiger partial charge in [0.2, 0.25) is 0 Å². The molecule has 0 aliphatic heterocycles. The molecule has 0 amide bonds. The maximum atomic E-state index is 11.9. The van der Waals surface area contributed by atoms with Crippen molar-refractivity contribution < 1.29 is 9.53 Å². The largest absolute Gasteiger partial charge is 0.469 e. The SMILES string of the molecule is CCC(CC#N)(Cc1ccccc1)C(=O)OC. The summed E-state index contributed by atoms with van der Waals surface area (Å²) in [7, 11) is 1.37. The molecule has 0 saturated carbocycles. The zero-order chi connectivity index (χ0) is 12.7. The molecule has 90 valence electrons. The van der Waals surface area contributed by atoms with Crippen LogP contribution in [0.4, 0.5) is 0 Å². The number of benzene rings is 1. The molecule has 1 rings (SSSR count). The normalized spacial score (nSPS) is 13.5. The van der Waals surface area contributed by atoms with Crippen LogP contribution in [-0.2, 0) is 16.0 Å². The number of nitriles is 1. The Kier molecular flexibility index (Phi) is 4.71. The molecule has 3 heteroatoms. The number of methoxy groups -OCH3 is 1. The summed E-state index contributed by atoms with van der Waals surface area (Å²) in [6.07, 6.45) is 1.33. The van der Waals surface area contributed by atoms with Gasteiger partial charge in [-0.05, 0) is 18.4 Å². The van der Waals surface area contributed by atoms with Crippen LogP contribution in [0.3, 0.4) is 0 Å². The van der Waals surface area contributed by atoms with Gasteiger partial charge in [0.25, 0.3) is 0 Å². The van der Waals surface area contributed by atoms with Crippen molar-refractivity contribution in [2.24, 2.45) is 5.41 Å². The van der Waals surface area contributed by atoms with Gasteiger partial charge in [0.05, 0.1) is 25.0 Å². The molecule has 0 heterocycles. The Balaban J connectivity index is 2.99. The van der Waals surface area contributed by atoms with Crippen molar-refractivity contribution in [3.8, 4) is 6.07 Å². The first-order valence-corrected chi connectivity index (χ1v) is 5.68. The van der Waals surface area contributed by atoms with Crippen molar-refractivity contribution >= 4 is 5.97 Å². The monoisotopic (exact) mass is 231 g/mol. The minimum Gasteiger partial charge on any atom is -0.469 e. The average molecular weight is 231 g/mol. The lowest BCUT2D eigenvalue weighted by Crippen LogP contribution is -2.33. The third kappa shape index (κ3) is 3.07. The fourth-order valence-corrected chi connectivity index (χ4v) is 1.96. The maximum absolute atomic E-state index is 11.9. The van der Waals surface area contributed by atoms with Crippen LogP contribution >= 0.6 is 0 Å². The van der Waals surface area contributed by atoms with Crippen LogP contribution in [0.1, 0.15) is 25.3 Å². The summed E-state index contributed by atoms with van der Waals surface area (Å²) in [6, 6.07) is 11.8. The number of esters is 1. The molecule has 0 aliphatic carbocycles. The highest BCUT2D eigenvalue weighted by Gasteiger charge is 2.37. The zero-order valence-electron chi connectivity index (χ0n) is 10.3. The molecule has 1 atom stereocenters. The summed E-state index contributed by atoms with van der Waals surface area (Å²) >= 11 is 0. The lowest BCUT2D eigenvalue weighted by molar-refractivity contribution is -0.152. The molecular formula is C14H17NO2. The summed E-state index contributed by atoms with van der Waals surface area (Å²) in [5, 5.41) is 8.90. The Labute approximate surface area is 102 Å². The number of hydrogen-bond donors (Lipinski definition) is 0. The predicted molar refractivity (Wildman–Crippen MR) is 65.1 cm³/mol. The van der Waals surface area contributed by atoms with Gasteiger partial charge in [0.1, 0.15) is 0 Å². The van der Waals surface area contributed by atoms with Crippen LogP contribution in [0.25, 0.3) is 0 Å². The molecule has 0 N–H and O–H groups in total. The molecule has 1 unspecified atom stereocenters. The van der Waals surface area contributed by atoms with Crippen molar-refractivity contribution in [2.45, 2.75) is 26.2 Å². The van der Waals surface area contributed by atoms with Gasteiger partial charge < -0.3 is 4.74 Å². The Bertz CT molecular complexity index is 408. The Morgan fingerprint density at radius 1 is 1.41 bits per heavy atom. The van der Waals surface area contributed by atoms with Crippen LogP contribution in [-0.4, -0.2) is 13.1 Å². The third-order valence-corrected chi connectivity index (χ3v) is 3.10. The van der Waals surface area contributed by atoms with E-state index in [-0.39, 0.29) is 12.4 Å². The quantitative estimate of drug-likeness (QED) is 0.732. The number of rotatable bonds is 5. The van der Waals surface area contributed by atoms with Gasteiger partial charge in [0.15, 0.2) is 0 Å². The molecule has 3 nitrogen and oxygen atoms in total. The van der Waals surface area contributed by atoms with E-state index in [1.165, 1.54) is 7.11 Å². The van der Waals surface area contributed by atoms with E-state index in [9.17, 15) is 4.79 Å². The highest BCUT2D eigenvalue weighted by molar-refractivity contribution is 5.77. The first-order chi connectivity index (χ1) is 8.18. The molecule has 0 radical (unpaired) electrons. The van der Waals surface area contributed by atoms with Crippen molar-refractivity contribution in [3.63, 3.8) is 0 Å². The fraction of sp³-hybridized carbons (Fsp3) is 0.429. The Morgan fingerprint density at radius 3 is 2.53 bits per heavy atom. The lowest BCUT2D eigenvalue weighted by Gasteiger charge is -2.27. The van der Waals surface area contributed by atoms with E-state index >= 15 is 0 Å². The second-order valence-corrected chi connectivity index (χ2v) is 4.12. The van der Waals surface area contributed by atoms with Crippen molar-refractivity contribution in [1.29, 1.82) is 5.26 Å². The van der Waals surface area contributed by atoms with Crippen molar-refractivity contribution in [3.05, 3.63) is 35.9 Å². The van der Waals surface area contributed by atoms with Gasteiger partial charge in [-0.2, -0.15) is 5.26 Å². The summed E-state index contributed by atoms with van der Waals surface area (Å²) in [6.45, 7) is 1.91. The molecule has 0 fully saturated rings. The molecule has 0 saturated heterocycles. The van der Waals surface area contributed by atoms with E-state index in [4.69, 9.17) is 10.00 Å². The number of nitrogens with zero attached hydrogens (tertiary/aromatic N) is 1. The topological polar surface area (TPSA) is 50.1 Å². The molecular weight excluding hydrogens is 214 g/mol. The predicted octanol–water partition coefficient (Wildman–Crippen LogP) is 2.71. The molecule has 1 aromatic carbocycles. The number of carbonyl (C=O) groups is 1. The highest BCUT2D eigenvalue weighted by Crippen LogP contribution is 2.32. The van der Waals surface area contributed by atoms with Crippen molar-refractivity contribution in [1.82, 2.24) is 0 Å². The number of hydrogen-bond acceptors (Lipinski definition) is 3. The summed E-state index contributed by atoms with van der Waals surface area (Å²) in [5.74, 6) is -0.301. The first kappa shape index (κ1) is 13.2. The van der Waals surface area contributed by atoms with Crippen LogP contribution in [0, 0.1) is 16.7 Å². The standard InChI is InChI=1S/C14H17NO2/c1-3-14(9-10-15,13(16)17-2)11-12-7-5-4-6-8-12/h4-8H,3,9,11H2,1-2H3. The van der Waals surface area contributed by atoms with E-state index in [1.54, 1.807) is 0 Å². The van der Waals surface area contributed by atoms with Crippen LogP contribution in [0.2, 0.25) is 0 Å². The second kappa shape index (κ2) is 6.05. The molecule has 0 spiro atoms. The maximum Gasteiger partial charge on any atom is 0.313 e. The summed E-state index contributed by atoms with van der Waals surface area (Å²) in [4.78, 5) is 11.9. The zero-order valence-corrected chi connectivity index (χ0v) is 10.3. The lowest BCUT2D eigenvalue weighted by atomic mass is 9.77. The van der Waals surface area contributed by atoms with E-state index in [1.807, 2.05) is 37.3 Å². The van der Waals surface area contributed by atoms with Crippen molar-refractivity contribution in [2.75, 3.05) is 7.11 Å². The van der Waals surface area contributed by atoms with Gasteiger partial charge in [-0.15, -0.1) is 0 Å². The van der Waals surface area contributed by atoms with Gasteiger partial charge >= 0.3 is 5.97 Å². The summed E-state index contributed by atoms with van der Waals surface area (Å²) < 4.78 is 4.84. The minimum atomic E-state index is -0.717. The average Bonchev–Trinajstić information content (AvgIpc) is 2.38. The van der Waals surface area contributed by atoms with Crippen LogP contribution in [0.15, 0.2) is 30.3 Å². The fourth-order valence-electron chi connectivity index (χ4n) is 1.96. The second-order valence-electron chi connectivity index (χ2n) is 4.12. The van der Waals surface area contributed by atoms with E-state index < -0.39 is 5.41 Å². The molecule has 0 aliphatic rings. The van der Waals surface area contributed by atoms with Gasteiger partial charge in [-0.1, -0.05) is 37.3 Å². The number of carbonyl (C=O) groups excluding carboxylic acids is 1. The molecule has 1 aromatic rings. The molecule has 0 aromatic heterocycles. The minimum absolute atomic E-state index is 0.186. The first-order valence-electron chi connectivity index (χ1n) is 5.68. The molecule has 17 heavy (non-hydrogen) atoms. The highest BCUT2D eigenvalue weighted by atomic mass is 16.5. The Hall–Kier alpha value is -1.82. The van der Waals surface area contributed by atoms with Gasteiger partial charge in [-0.3, -0.25) is 4.79 Å². The summed E-state index contributed by atoms with van der Waals surface area (Å²) in [5.41, 5.74) is 0.334. The van der Waals surface area contributed by atoms with Crippen LogP contribution in [0.5, 0.6) is 0 Å². The third-order valence-electron chi connectivity index (χ3n) is 3.10. The van der Waals surface area contributed by atoms with E-state index in [0.717, 1.165) is 5.56 Å². The molecule has 0 bridgehead atoms. The van der Waals surface area contributed by atoms with E-state index in [2.05, 4.69) is 6.07 Å². The van der Waals surface area contributed by atoms with Gasteiger partial charge in [-0.25, -0.2) is 0 Å².